The lowest BCUT2D eigenvalue weighted by molar-refractivity contribution is -0.122. The molecular formula is C11H19NO2. The fraction of sp³-hybridized carbons (Fsp3) is 0.727. The van der Waals surface area contributed by atoms with Crippen LogP contribution in [0.2, 0.25) is 0 Å². The van der Waals surface area contributed by atoms with E-state index in [2.05, 4.69) is 11.2 Å². The van der Waals surface area contributed by atoms with Crippen LogP contribution in [0.5, 0.6) is 0 Å². The first-order valence-electron chi connectivity index (χ1n) is 5.01. The molecule has 0 fully saturated rings. The Morgan fingerprint density at radius 2 is 2.29 bits per heavy atom. The Balaban J connectivity index is 3.41. The number of amides is 1. The topological polar surface area (TPSA) is 38.3 Å². The van der Waals surface area contributed by atoms with Crippen LogP contribution in [0.4, 0.5) is 0 Å². The minimum Gasteiger partial charge on any atom is -0.381 e. The predicted molar refractivity (Wildman–Crippen MR) is 56.8 cm³/mol. The maximum Gasteiger partial charge on any atom is 0.222 e. The molecule has 0 saturated carbocycles. The Morgan fingerprint density at radius 3 is 2.86 bits per heavy atom. The van der Waals surface area contributed by atoms with Gasteiger partial charge in [-0.3, -0.25) is 4.79 Å². The molecule has 1 unspecified atom stereocenters. The van der Waals surface area contributed by atoms with Crippen molar-refractivity contribution >= 4 is 5.91 Å². The minimum atomic E-state index is 0.00357. The van der Waals surface area contributed by atoms with Gasteiger partial charge in [-0.1, -0.05) is 6.92 Å². The standard InChI is InChI=1S/C11H19NO2/c1-4-6-10(3)12-11(13)7-9-14-8-5-2/h1,10H,5-9H2,2-3H3,(H,12,13). The van der Waals surface area contributed by atoms with Crippen LogP contribution in [0.15, 0.2) is 0 Å². The smallest absolute Gasteiger partial charge is 0.222 e. The average molecular weight is 197 g/mol. The van der Waals surface area contributed by atoms with Crippen molar-refractivity contribution in [1.82, 2.24) is 5.32 Å². The first kappa shape index (κ1) is 13.0. The van der Waals surface area contributed by atoms with Gasteiger partial charge in [0, 0.05) is 25.5 Å². The summed E-state index contributed by atoms with van der Waals surface area (Å²) in [6.07, 6.45) is 7.08. The van der Waals surface area contributed by atoms with Crippen molar-refractivity contribution in [3.8, 4) is 12.3 Å². The van der Waals surface area contributed by atoms with Crippen LogP contribution in [0.3, 0.4) is 0 Å². The molecule has 0 aliphatic carbocycles. The van der Waals surface area contributed by atoms with E-state index in [9.17, 15) is 4.79 Å². The second kappa shape index (κ2) is 8.58. The molecule has 0 heterocycles. The zero-order valence-electron chi connectivity index (χ0n) is 9.01. The molecular weight excluding hydrogens is 178 g/mol. The molecule has 1 atom stereocenters. The summed E-state index contributed by atoms with van der Waals surface area (Å²) in [6, 6.07) is 0.0543. The van der Waals surface area contributed by atoms with E-state index in [1.807, 2.05) is 13.8 Å². The second-order valence-corrected chi connectivity index (χ2v) is 3.24. The number of carbonyl (C=O) groups excluding carboxylic acids is 1. The van der Waals surface area contributed by atoms with Crippen LogP contribution in [0, 0.1) is 12.3 Å². The summed E-state index contributed by atoms with van der Waals surface area (Å²) < 4.78 is 5.19. The maximum absolute atomic E-state index is 11.2. The van der Waals surface area contributed by atoms with Crippen molar-refractivity contribution in [2.45, 2.75) is 39.2 Å². The average Bonchev–Trinajstić information content (AvgIpc) is 2.13. The third-order valence-corrected chi connectivity index (χ3v) is 1.65. The van der Waals surface area contributed by atoms with Gasteiger partial charge in [0.2, 0.25) is 5.91 Å². The van der Waals surface area contributed by atoms with E-state index < -0.39 is 0 Å². The molecule has 1 N–H and O–H groups in total. The molecule has 0 saturated heterocycles. The summed E-state index contributed by atoms with van der Waals surface area (Å²) in [5, 5.41) is 2.80. The quantitative estimate of drug-likeness (QED) is 0.494. The van der Waals surface area contributed by atoms with E-state index in [-0.39, 0.29) is 11.9 Å². The van der Waals surface area contributed by atoms with Crippen molar-refractivity contribution < 1.29 is 9.53 Å². The summed E-state index contributed by atoms with van der Waals surface area (Å²) in [5.41, 5.74) is 0. The lowest BCUT2D eigenvalue weighted by Gasteiger charge is -2.10. The van der Waals surface area contributed by atoms with Crippen LogP contribution >= 0.6 is 0 Å². The number of rotatable bonds is 7. The summed E-state index contributed by atoms with van der Waals surface area (Å²) in [6.45, 7) is 5.13. The lowest BCUT2D eigenvalue weighted by Crippen LogP contribution is -2.32. The van der Waals surface area contributed by atoms with Gasteiger partial charge in [-0.25, -0.2) is 0 Å². The van der Waals surface area contributed by atoms with Crippen molar-refractivity contribution in [1.29, 1.82) is 0 Å². The minimum absolute atomic E-state index is 0.00357. The van der Waals surface area contributed by atoms with Crippen molar-refractivity contribution in [2.75, 3.05) is 13.2 Å². The first-order chi connectivity index (χ1) is 6.70. The Kier molecular flexibility index (Phi) is 7.96. The van der Waals surface area contributed by atoms with Crippen molar-refractivity contribution in [3.63, 3.8) is 0 Å². The van der Waals surface area contributed by atoms with Gasteiger partial charge in [-0.2, -0.15) is 0 Å². The van der Waals surface area contributed by atoms with E-state index in [0.717, 1.165) is 6.42 Å². The molecule has 0 radical (unpaired) electrons. The monoisotopic (exact) mass is 197 g/mol. The van der Waals surface area contributed by atoms with Crippen LogP contribution < -0.4 is 5.32 Å². The van der Waals surface area contributed by atoms with Crippen LogP contribution in [0.25, 0.3) is 0 Å². The Labute approximate surface area is 86.2 Å². The summed E-state index contributed by atoms with van der Waals surface area (Å²) in [5.74, 6) is 2.51. The Bertz CT molecular complexity index is 196. The molecule has 0 aromatic carbocycles. The normalized spacial score (nSPS) is 11.8. The summed E-state index contributed by atoms with van der Waals surface area (Å²) >= 11 is 0. The van der Waals surface area contributed by atoms with Crippen LogP contribution in [-0.2, 0) is 9.53 Å². The van der Waals surface area contributed by atoms with E-state index in [0.29, 0.717) is 26.1 Å². The van der Waals surface area contributed by atoms with Gasteiger partial charge in [0.25, 0.3) is 0 Å². The third-order valence-electron chi connectivity index (χ3n) is 1.65. The van der Waals surface area contributed by atoms with E-state index in [4.69, 9.17) is 11.2 Å². The molecule has 0 bridgehead atoms. The number of ether oxygens (including phenoxy) is 1. The number of hydrogen-bond acceptors (Lipinski definition) is 2. The first-order valence-corrected chi connectivity index (χ1v) is 5.01. The molecule has 0 spiro atoms. The zero-order chi connectivity index (χ0) is 10.8. The maximum atomic E-state index is 11.2. The van der Waals surface area contributed by atoms with E-state index in [1.165, 1.54) is 0 Å². The van der Waals surface area contributed by atoms with E-state index >= 15 is 0 Å². The molecule has 0 aliphatic heterocycles. The van der Waals surface area contributed by atoms with Gasteiger partial charge >= 0.3 is 0 Å². The van der Waals surface area contributed by atoms with Crippen LogP contribution in [0.1, 0.15) is 33.1 Å². The molecule has 0 rings (SSSR count). The molecule has 0 aromatic heterocycles. The number of terminal acetylenes is 1. The molecule has 1 amide bonds. The zero-order valence-corrected chi connectivity index (χ0v) is 9.01. The molecule has 14 heavy (non-hydrogen) atoms. The highest BCUT2D eigenvalue weighted by Crippen LogP contribution is 1.91. The fourth-order valence-corrected chi connectivity index (χ4v) is 0.986. The van der Waals surface area contributed by atoms with Crippen molar-refractivity contribution in [2.24, 2.45) is 0 Å². The predicted octanol–water partition coefficient (Wildman–Crippen LogP) is 1.33. The molecule has 3 nitrogen and oxygen atoms in total. The SMILES string of the molecule is C#CCC(C)NC(=O)CCOCCC. The van der Waals surface area contributed by atoms with Gasteiger partial charge < -0.3 is 10.1 Å². The Morgan fingerprint density at radius 1 is 1.57 bits per heavy atom. The largest absolute Gasteiger partial charge is 0.381 e. The van der Waals surface area contributed by atoms with E-state index in [1.54, 1.807) is 0 Å². The molecule has 0 aromatic rings. The molecule has 80 valence electrons. The second-order valence-electron chi connectivity index (χ2n) is 3.24. The highest BCUT2D eigenvalue weighted by molar-refractivity contribution is 5.76. The van der Waals surface area contributed by atoms with Crippen molar-refractivity contribution in [3.05, 3.63) is 0 Å². The van der Waals surface area contributed by atoms with Gasteiger partial charge in [0.15, 0.2) is 0 Å². The lowest BCUT2D eigenvalue weighted by atomic mass is 10.2. The number of carbonyl (C=O) groups is 1. The van der Waals surface area contributed by atoms with Gasteiger partial charge in [0.05, 0.1) is 6.61 Å². The molecule has 0 aliphatic rings. The van der Waals surface area contributed by atoms with Gasteiger partial charge in [-0.05, 0) is 13.3 Å². The summed E-state index contributed by atoms with van der Waals surface area (Å²) in [7, 11) is 0. The van der Waals surface area contributed by atoms with Gasteiger partial charge in [0.1, 0.15) is 0 Å². The highest BCUT2D eigenvalue weighted by Gasteiger charge is 2.05. The third kappa shape index (κ3) is 7.63. The number of hydrogen-bond donors (Lipinski definition) is 1. The van der Waals surface area contributed by atoms with Crippen LogP contribution in [-0.4, -0.2) is 25.2 Å². The highest BCUT2D eigenvalue weighted by atomic mass is 16.5. The van der Waals surface area contributed by atoms with Gasteiger partial charge in [-0.15, -0.1) is 12.3 Å². The summed E-state index contributed by atoms with van der Waals surface area (Å²) in [4.78, 5) is 11.2. The fourth-order valence-electron chi connectivity index (χ4n) is 0.986. The number of nitrogens with one attached hydrogen (secondary N) is 1. The molecule has 3 heteroatoms. The Hall–Kier alpha value is -1.01.